The molecule has 1 aliphatic heterocycles. The minimum atomic E-state index is -0.221. The molecule has 1 heterocycles. The molecule has 0 unspecified atom stereocenters. The van der Waals surface area contributed by atoms with Crippen LogP contribution in [0.25, 0.3) is 0 Å². The van der Waals surface area contributed by atoms with E-state index >= 15 is 0 Å². The summed E-state index contributed by atoms with van der Waals surface area (Å²) < 4.78 is 13.5. The Kier molecular flexibility index (Phi) is 11.3. The van der Waals surface area contributed by atoms with Crippen LogP contribution in [0.1, 0.15) is 33.3 Å². The van der Waals surface area contributed by atoms with Crippen molar-refractivity contribution in [3.63, 3.8) is 0 Å². The van der Waals surface area contributed by atoms with Crippen molar-refractivity contribution in [2.24, 2.45) is 4.99 Å². The van der Waals surface area contributed by atoms with Crippen LogP contribution in [0.15, 0.2) is 29.3 Å². The van der Waals surface area contributed by atoms with Crippen molar-refractivity contribution in [1.82, 2.24) is 20.4 Å². The highest BCUT2D eigenvalue weighted by molar-refractivity contribution is 14.0. The van der Waals surface area contributed by atoms with Crippen LogP contribution in [0.3, 0.4) is 0 Å². The summed E-state index contributed by atoms with van der Waals surface area (Å²) >= 11 is 0. The number of guanidine groups is 1. The maximum Gasteiger partial charge on any atom is 0.191 e. The van der Waals surface area contributed by atoms with Gasteiger partial charge in [0.1, 0.15) is 5.82 Å². The number of hydrogen-bond donors (Lipinski definition) is 2. The predicted octanol–water partition coefficient (Wildman–Crippen LogP) is 2.91. The lowest BCUT2D eigenvalue weighted by molar-refractivity contribution is 0.139. The molecule has 28 heavy (non-hydrogen) atoms. The molecule has 0 bridgehead atoms. The SMILES string of the molecule is CCNC(=NCC(C)(C)c1cccc(F)c1)NCCN1CCN(CC)CC1.I. The van der Waals surface area contributed by atoms with Crippen molar-refractivity contribution in [3.8, 4) is 0 Å². The smallest absolute Gasteiger partial charge is 0.191 e. The van der Waals surface area contributed by atoms with Crippen molar-refractivity contribution in [3.05, 3.63) is 35.6 Å². The third-order valence-corrected chi connectivity index (χ3v) is 5.22. The number of nitrogens with one attached hydrogen (secondary N) is 2. The zero-order valence-corrected chi connectivity index (χ0v) is 20.1. The van der Waals surface area contributed by atoms with E-state index in [4.69, 9.17) is 4.99 Å². The van der Waals surface area contributed by atoms with Crippen molar-refractivity contribution in [1.29, 1.82) is 0 Å². The summed E-state index contributed by atoms with van der Waals surface area (Å²) in [4.78, 5) is 9.73. The quantitative estimate of drug-likeness (QED) is 0.324. The van der Waals surface area contributed by atoms with E-state index < -0.39 is 0 Å². The van der Waals surface area contributed by atoms with Gasteiger partial charge in [0, 0.05) is 51.2 Å². The van der Waals surface area contributed by atoms with Crippen molar-refractivity contribution in [2.45, 2.75) is 33.1 Å². The zero-order chi connectivity index (χ0) is 19.7. The van der Waals surface area contributed by atoms with Gasteiger partial charge in [-0.15, -0.1) is 24.0 Å². The minimum absolute atomic E-state index is 0. The molecule has 1 aliphatic rings. The Labute approximate surface area is 187 Å². The average molecular weight is 505 g/mol. The summed E-state index contributed by atoms with van der Waals surface area (Å²) in [7, 11) is 0. The highest BCUT2D eigenvalue weighted by Crippen LogP contribution is 2.24. The Hall–Kier alpha value is -0.930. The van der Waals surface area contributed by atoms with Gasteiger partial charge in [-0.3, -0.25) is 9.89 Å². The Morgan fingerprint density at radius 1 is 1.11 bits per heavy atom. The Bertz CT molecular complexity index is 600. The molecule has 7 heteroatoms. The van der Waals surface area contributed by atoms with E-state index in [9.17, 15) is 4.39 Å². The Morgan fingerprint density at radius 3 is 2.39 bits per heavy atom. The van der Waals surface area contributed by atoms with Crippen LogP contribution in [-0.4, -0.2) is 74.7 Å². The number of piperazine rings is 1. The van der Waals surface area contributed by atoms with Gasteiger partial charge in [-0.25, -0.2) is 4.39 Å². The Morgan fingerprint density at radius 2 is 1.79 bits per heavy atom. The van der Waals surface area contributed by atoms with E-state index in [0.29, 0.717) is 6.54 Å². The lowest BCUT2D eigenvalue weighted by Crippen LogP contribution is -2.49. The normalized spacial score (nSPS) is 16.5. The number of nitrogens with zero attached hydrogens (tertiary/aromatic N) is 3. The summed E-state index contributed by atoms with van der Waals surface area (Å²) in [6.45, 7) is 17.5. The fourth-order valence-electron chi connectivity index (χ4n) is 3.28. The van der Waals surface area contributed by atoms with Gasteiger partial charge < -0.3 is 15.5 Å². The number of hydrogen-bond acceptors (Lipinski definition) is 3. The molecule has 1 aromatic carbocycles. The average Bonchev–Trinajstić information content (AvgIpc) is 2.66. The number of rotatable bonds is 8. The lowest BCUT2D eigenvalue weighted by atomic mass is 9.85. The molecule has 1 saturated heterocycles. The first-order valence-electron chi connectivity index (χ1n) is 10.2. The van der Waals surface area contributed by atoms with Crippen molar-refractivity contribution in [2.75, 3.05) is 58.9 Å². The summed E-state index contributed by atoms with van der Waals surface area (Å²) in [5.41, 5.74) is 0.747. The molecule has 0 aromatic heterocycles. The number of halogens is 2. The molecule has 0 atom stereocenters. The maximum absolute atomic E-state index is 13.5. The van der Waals surface area contributed by atoms with Gasteiger partial charge in [-0.2, -0.15) is 0 Å². The van der Waals surface area contributed by atoms with E-state index in [2.05, 4.69) is 48.1 Å². The molecule has 0 saturated carbocycles. The van der Waals surface area contributed by atoms with E-state index in [1.807, 2.05) is 6.07 Å². The number of likely N-dealkylation sites (N-methyl/N-ethyl adjacent to an activating group) is 1. The third-order valence-electron chi connectivity index (χ3n) is 5.22. The monoisotopic (exact) mass is 505 g/mol. The van der Waals surface area contributed by atoms with Crippen LogP contribution in [0.5, 0.6) is 0 Å². The fraction of sp³-hybridized carbons (Fsp3) is 0.667. The molecular weight excluding hydrogens is 468 g/mol. The second-order valence-corrected chi connectivity index (χ2v) is 7.79. The lowest BCUT2D eigenvalue weighted by Gasteiger charge is -2.34. The summed E-state index contributed by atoms with van der Waals surface area (Å²) in [6, 6.07) is 6.81. The van der Waals surface area contributed by atoms with E-state index in [1.54, 1.807) is 12.1 Å². The van der Waals surface area contributed by atoms with Crippen LogP contribution in [0.2, 0.25) is 0 Å². The predicted molar refractivity (Wildman–Crippen MR) is 127 cm³/mol. The van der Waals surface area contributed by atoms with Gasteiger partial charge in [0.15, 0.2) is 5.96 Å². The molecule has 2 rings (SSSR count). The topological polar surface area (TPSA) is 42.9 Å². The molecule has 1 fully saturated rings. The van der Waals surface area contributed by atoms with Crippen LogP contribution < -0.4 is 10.6 Å². The number of benzene rings is 1. The third kappa shape index (κ3) is 8.21. The number of aliphatic imine (C=N–C) groups is 1. The molecule has 0 spiro atoms. The zero-order valence-electron chi connectivity index (χ0n) is 17.8. The van der Waals surface area contributed by atoms with E-state index in [-0.39, 0.29) is 35.2 Å². The molecule has 5 nitrogen and oxygen atoms in total. The highest BCUT2D eigenvalue weighted by Gasteiger charge is 2.21. The summed E-state index contributed by atoms with van der Waals surface area (Å²) in [6.07, 6.45) is 0. The van der Waals surface area contributed by atoms with Gasteiger partial charge in [0.25, 0.3) is 0 Å². The first-order chi connectivity index (χ1) is 12.9. The van der Waals surface area contributed by atoms with Crippen LogP contribution in [-0.2, 0) is 5.41 Å². The fourth-order valence-corrected chi connectivity index (χ4v) is 3.28. The Balaban J connectivity index is 0.00000392. The van der Waals surface area contributed by atoms with Gasteiger partial charge >= 0.3 is 0 Å². The molecule has 160 valence electrons. The van der Waals surface area contributed by atoms with E-state index in [1.165, 1.54) is 6.07 Å². The van der Waals surface area contributed by atoms with Crippen LogP contribution >= 0.6 is 24.0 Å². The highest BCUT2D eigenvalue weighted by atomic mass is 127. The second-order valence-electron chi connectivity index (χ2n) is 7.79. The van der Waals surface area contributed by atoms with Crippen molar-refractivity contribution < 1.29 is 4.39 Å². The first kappa shape index (κ1) is 25.1. The molecule has 0 amide bonds. The van der Waals surface area contributed by atoms with Gasteiger partial charge in [0.2, 0.25) is 0 Å². The molecule has 0 radical (unpaired) electrons. The van der Waals surface area contributed by atoms with E-state index in [0.717, 1.165) is 63.9 Å². The first-order valence-corrected chi connectivity index (χ1v) is 10.2. The van der Waals surface area contributed by atoms with Crippen LogP contribution in [0.4, 0.5) is 4.39 Å². The minimum Gasteiger partial charge on any atom is -0.357 e. The van der Waals surface area contributed by atoms with Gasteiger partial charge in [-0.05, 0) is 31.2 Å². The summed E-state index contributed by atoms with van der Waals surface area (Å²) in [5.74, 6) is 0.631. The second kappa shape index (κ2) is 12.6. The van der Waals surface area contributed by atoms with Crippen molar-refractivity contribution >= 4 is 29.9 Å². The van der Waals surface area contributed by atoms with Crippen LogP contribution in [0, 0.1) is 5.82 Å². The molecular formula is C21H37FIN5. The molecule has 2 N–H and O–H groups in total. The molecule has 1 aromatic rings. The summed E-state index contributed by atoms with van der Waals surface area (Å²) in [5, 5.41) is 6.75. The maximum atomic E-state index is 13.5. The van der Waals surface area contributed by atoms with Gasteiger partial charge in [0.05, 0.1) is 6.54 Å². The van der Waals surface area contributed by atoms with Gasteiger partial charge in [-0.1, -0.05) is 32.9 Å². The largest absolute Gasteiger partial charge is 0.357 e. The molecule has 0 aliphatic carbocycles. The standard InChI is InChI=1S/C21H36FN5.HI/c1-5-23-20(24-10-11-27-14-12-26(6-2)13-15-27)25-17-21(3,4)18-8-7-9-19(22)16-18;/h7-9,16H,5-6,10-15,17H2,1-4H3,(H2,23,24,25);1H.